The van der Waals surface area contributed by atoms with Gasteiger partial charge in [-0.05, 0) is 38.8 Å². The molecule has 0 radical (unpaired) electrons. The second-order valence-corrected chi connectivity index (χ2v) is 5.76. The number of hydrogen-bond donors (Lipinski definition) is 3. The van der Waals surface area contributed by atoms with Crippen molar-refractivity contribution >= 4 is 11.7 Å². The summed E-state index contributed by atoms with van der Waals surface area (Å²) >= 11 is 0. The monoisotopic (exact) mass is 315 g/mol. The third kappa shape index (κ3) is 3.87. The van der Waals surface area contributed by atoms with Gasteiger partial charge in [-0.15, -0.1) is 0 Å². The van der Waals surface area contributed by atoms with Crippen LogP contribution in [0.15, 0.2) is 24.3 Å². The van der Waals surface area contributed by atoms with Crippen LogP contribution in [0.4, 0.5) is 10.5 Å². The Bertz CT molecular complexity index is 679. The van der Waals surface area contributed by atoms with Crippen LogP contribution in [0.1, 0.15) is 25.6 Å². The normalized spacial score (nSPS) is 18.6. The third-order valence-electron chi connectivity index (χ3n) is 3.86. The van der Waals surface area contributed by atoms with Crippen molar-refractivity contribution in [3.05, 3.63) is 30.1 Å². The van der Waals surface area contributed by atoms with Gasteiger partial charge in [0.2, 0.25) is 0 Å². The van der Waals surface area contributed by atoms with E-state index in [2.05, 4.69) is 25.8 Å². The Morgan fingerprint density at radius 3 is 3.04 bits per heavy atom. The Kier molecular flexibility index (Phi) is 4.57. The van der Waals surface area contributed by atoms with E-state index in [1.807, 2.05) is 38.1 Å². The van der Waals surface area contributed by atoms with Crippen LogP contribution in [0, 0.1) is 6.92 Å². The molecule has 2 heterocycles. The number of H-pyrrole nitrogens is 1. The maximum atomic E-state index is 12.1. The first-order valence-corrected chi connectivity index (χ1v) is 7.80. The lowest BCUT2D eigenvalue weighted by Gasteiger charge is -2.20. The molecule has 1 aromatic heterocycles. The van der Waals surface area contributed by atoms with E-state index in [1.54, 1.807) is 0 Å². The molecular formula is C16H21N5O2. The van der Waals surface area contributed by atoms with Gasteiger partial charge in [-0.25, -0.2) is 9.78 Å². The van der Waals surface area contributed by atoms with Gasteiger partial charge in [0, 0.05) is 17.9 Å². The van der Waals surface area contributed by atoms with Gasteiger partial charge in [0.1, 0.15) is 5.82 Å². The second-order valence-electron chi connectivity index (χ2n) is 5.76. The molecule has 2 aromatic rings. The number of aryl methyl sites for hydroxylation is 1. The molecule has 3 N–H and O–H groups in total. The zero-order valence-corrected chi connectivity index (χ0v) is 13.3. The van der Waals surface area contributed by atoms with Crippen LogP contribution >= 0.6 is 0 Å². The van der Waals surface area contributed by atoms with Crippen molar-refractivity contribution in [3.63, 3.8) is 0 Å². The summed E-state index contributed by atoms with van der Waals surface area (Å²) in [7, 11) is 0. The van der Waals surface area contributed by atoms with Crippen LogP contribution in [-0.2, 0) is 4.74 Å². The topological polar surface area (TPSA) is 91.9 Å². The lowest BCUT2D eigenvalue weighted by atomic mass is 10.1. The summed E-state index contributed by atoms with van der Waals surface area (Å²) in [6, 6.07) is 7.19. The maximum absolute atomic E-state index is 12.1. The number of nitrogens with zero attached hydrogens (tertiary/aromatic N) is 2. The summed E-state index contributed by atoms with van der Waals surface area (Å²) in [5.74, 6) is 1.36. The number of hydrogen-bond acceptors (Lipinski definition) is 4. The van der Waals surface area contributed by atoms with E-state index >= 15 is 0 Å². The number of anilines is 1. The van der Waals surface area contributed by atoms with E-state index in [1.165, 1.54) is 0 Å². The Balaban J connectivity index is 1.62. The summed E-state index contributed by atoms with van der Waals surface area (Å²) in [6.07, 6.45) is 2.14. The Hall–Kier alpha value is -2.41. The summed E-state index contributed by atoms with van der Waals surface area (Å²) < 4.78 is 5.58. The number of aromatic amines is 1. The van der Waals surface area contributed by atoms with E-state index in [9.17, 15) is 4.79 Å². The van der Waals surface area contributed by atoms with Crippen molar-refractivity contribution in [1.29, 1.82) is 0 Å². The van der Waals surface area contributed by atoms with Crippen LogP contribution in [0.3, 0.4) is 0 Å². The molecule has 0 aliphatic carbocycles. The number of carbonyl (C=O) groups excluding carboxylic acids is 1. The van der Waals surface area contributed by atoms with Crippen LogP contribution in [-0.4, -0.2) is 40.0 Å². The number of benzene rings is 1. The summed E-state index contributed by atoms with van der Waals surface area (Å²) in [5.41, 5.74) is 1.54. The fourth-order valence-corrected chi connectivity index (χ4v) is 2.67. The standard InChI is InChI=1S/C16H21N5O2/c1-10(14-7-4-8-23-14)17-16(22)19-13-6-3-5-12(9-13)15-18-11(2)20-21-15/h3,5-6,9-10,14H,4,7-8H2,1-2H3,(H2,17,19,22)(H,18,20,21). The van der Waals surface area contributed by atoms with Crippen molar-refractivity contribution in [2.75, 3.05) is 11.9 Å². The molecule has 2 amide bonds. The number of carbonyl (C=O) groups is 1. The molecule has 7 nitrogen and oxygen atoms in total. The van der Waals surface area contributed by atoms with Gasteiger partial charge in [-0.1, -0.05) is 12.1 Å². The molecule has 122 valence electrons. The van der Waals surface area contributed by atoms with Crippen molar-refractivity contribution in [2.45, 2.75) is 38.8 Å². The molecule has 7 heteroatoms. The average molecular weight is 315 g/mol. The van der Waals surface area contributed by atoms with E-state index in [0.717, 1.165) is 30.8 Å². The Labute approximate surface area is 134 Å². The first-order valence-electron chi connectivity index (χ1n) is 7.80. The van der Waals surface area contributed by atoms with Gasteiger partial charge < -0.3 is 15.4 Å². The van der Waals surface area contributed by atoms with Gasteiger partial charge in [-0.3, -0.25) is 5.10 Å². The van der Waals surface area contributed by atoms with Crippen LogP contribution in [0.5, 0.6) is 0 Å². The fraction of sp³-hybridized carbons (Fsp3) is 0.438. The van der Waals surface area contributed by atoms with Crippen LogP contribution in [0.2, 0.25) is 0 Å². The molecule has 2 unspecified atom stereocenters. The Morgan fingerprint density at radius 2 is 2.35 bits per heavy atom. The Morgan fingerprint density at radius 1 is 1.48 bits per heavy atom. The lowest BCUT2D eigenvalue weighted by Crippen LogP contribution is -2.42. The number of ether oxygens (including phenoxy) is 1. The van der Waals surface area contributed by atoms with Crippen LogP contribution in [0.25, 0.3) is 11.4 Å². The molecule has 0 saturated carbocycles. The maximum Gasteiger partial charge on any atom is 0.319 e. The van der Waals surface area contributed by atoms with E-state index in [4.69, 9.17) is 4.74 Å². The first-order chi connectivity index (χ1) is 11.1. The van der Waals surface area contributed by atoms with Gasteiger partial charge in [0.15, 0.2) is 5.82 Å². The molecule has 1 fully saturated rings. The van der Waals surface area contributed by atoms with Gasteiger partial charge in [0.05, 0.1) is 12.1 Å². The van der Waals surface area contributed by atoms with Gasteiger partial charge >= 0.3 is 6.03 Å². The highest BCUT2D eigenvalue weighted by atomic mass is 16.5. The molecule has 1 aromatic carbocycles. The molecule has 1 aliphatic rings. The molecule has 0 bridgehead atoms. The number of rotatable bonds is 4. The quantitative estimate of drug-likeness (QED) is 0.808. The average Bonchev–Trinajstić information content (AvgIpc) is 3.18. The van der Waals surface area contributed by atoms with E-state index in [-0.39, 0.29) is 18.2 Å². The highest BCUT2D eigenvalue weighted by Gasteiger charge is 2.23. The number of urea groups is 1. The predicted molar refractivity (Wildman–Crippen MR) is 87.1 cm³/mol. The van der Waals surface area contributed by atoms with E-state index < -0.39 is 0 Å². The largest absolute Gasteiger partial charge is 0.376 e. The minimum atomic E-state index is -0.240. The molecule has 2 atom stereocenters. The first kappa shape index (κ1) is 15.5. The number of aromatic nitrogens is 3. The predicted octanol–water partition coefficient (Wildman–Crippen LogP) is 2.47. The molecule has 1 saturated heterocycles. The number of nitrogens with one attached hydrogen (secondary N) is 3. The minimum Gasteiger partial charge on any atom is -0.376 e. The third-order valence-corrected chi connectivity index (χ3v) is 3.86. The summed E-state index contributed by atoms with van der Waals surface area (Å²) in [6.45, 7) is 4.58. The SMILES string of the molecule is Cc1nc(-c2cccc(NC(=O)NC(C)C3CCCO3)c2)n[nH]1. The number of amides is 2. The van der Waals surface area contributed by atoms with Crippen LogP contribution < -0.4 is 10.6 Å². The molecule has 3 rings (SSSR count). The molecule has 23 heavy (non-hydrogen) atoms. The second kappa shape index (κ2) is 6.78. The fourth-order valence-electron chi connectivity index (χ4n) is 2.67. The zero-order valence-electron chi connectivity index (χ0n) is 13.3. The molecule has 0 spiro atoms. The summed E-state index contributed by atoms with van der Waals surface area (Å²) in [4.78, 5) is 16.4. The van der Waals surface area contributed by atoms with E-state index in [0.29, 0.717) is 11.5 Å². The highest BCUT2D eigenvalue weighted by Crippen LogP contribution is 2.19. The lowest BCUT2D eigenvalue weighted by molar-refractivity contribution is 0.0868. The van der Waals surface area contributed by atoms with Gasteiger partial charge in [0.25, 0.3) is 0 Å². The van der Waals surface area contributed by atoms with Crippen molar-refractivity contribution in [1.82, 2.24) is 20.5 Å². The summed E-state index contributed by atoms with van der Waals surface area (Å²) in [5, 5.41) is 12.7. The zero-order chi connectivity index (χ0) is 16.2. The molecular weight excluding hydrogens is 294 g/mol. The van der Waals surface area contributed by atoms with Crippen molar-refractivity contribution < 1.29 is 9.53 Å². The van der Waals surface area contributed by atoms with Gasteiger partial charge in [-0.2, -0.15) is 5.10 Å². The smallest absolute Gasteiger partial charge is 0.319 e. The molecule has 1 aliphatic heterocycles. The minimum absolute atomic E-state index is 0.0173. The highest BCUT2D eigenvalue weighted by molar-refractivity contribution is 5.90. The van der Waals surface area contributed by atoms with Crippen molar-refractivity contribution in [3.8, 4) is 11.4 Å². The van der Waals surface area contributed by atoms with Crippen molar-refractivity contribution in [2.24, 2.45) is 0 Å².